The molecule has 0 aromatic rings. The van der Waals surface area contributed by atoms with Crippen LogP contribution < -0.4 is 0 Å². The molecule has 2 rings (SSSR count). The Bertz CT molecular complexity index is 240. The highest BCUT2D eigenvalue weighted by Crippen LogP contribution is 2.40. The van der Waals surface area contributed by atoms with Crippen molar-refractivity contribution in [3.05, 3.63) is 0 Å². The molecule has 2 atom stereocenters. The van der Waals surface area contributed by atoms with Gasteiger partial charge in [0.15, 0.2) is 0 Å². The largest absolute Gasteiger partial charge is 0.376 e. The molecular weight excluding hydrogens is 230 g/mol. The van der Waals surface area contributed by atoms with Crippen LogP contribution in [0.3, 0.4) is 0 Å². The van der Waals surface area contributed by atoms with Crippen LogP contribution in [0.15, 0.2) is 0 Å². The highest BCUT2D eigenvalue weighted by molar-refractivity contribution is 7.80. The Hall–Kier alpha value is 0.270. The Labute approximate surface area is 112 Å². The van der Waals surface area contributed by atoms with Crippen molar-refractivity contribution < 1.29 is 4.74 Å². The highest BCUT2D eigenvalue weighted by atomic mass is 32.1. The summed E-state index contributed by atoms with van der Waals surface area (Å²) >= 11 is 4.62. The average Bonchev–Trinajstić information content (AvgIpc) is 2.79. The average molecular weight is 257 g/mol. The molecule has 1 saturated carbocycles. The van der Waals surface area contributed by atoms with Gasteiger partial charge in [-0.2, -0.15) is 12.6 Å². The van der Waals surface area contributed by atoms with E-state index >= 15 is 0 Å². The molecule has 1 heterocycles. The topological polar surface area (TPSA) is 12.5 Å². The number of hydrogen-bond acceptors (Lipinski definition) is 3. The molecule has 0 amide bonds. The lowest BCUT2D eigenvalue weighted by Crippen LogP contribution is -2.52. The standard InChI is InChI=1S/C14H27NOS/c1-3-13-9-16-12(2)8-15(13)10-14(11-17)6-4-5-7-14/h12-13,17H,3-11H2,1-2H3. The quantitative estimate of drug-likeness (QED) is 0.777. The fraction of sp³-hybridized carbons (Fsp3) is 1.00. The van der Waals surface area contributed by atoms with Crippen molar-refractivity contribution in [1.82, 2.24) is 4.90 Å². The predicted octanol–water partition coefficient (Wildman–Crippen LogP) is 2.98. The zero-order valence-corrected chi connectivity index (χ0v) is 12.2. The third-order valence-electron chi connectivity index (χ3n) is 4.59. The Morgan fingerprint density at radius 3 is 2.65 bits per heavy atom. The van der Waals surface area contributed by atoms with Crippen molar-refractivity contribution in [2.24, 2.45) is 5.41 Å². The molecule has 100 valence electrons. The van der Waals surface area contributed by atoms with Crippen LogP contribution in [0.25, 0.3) is 0 Å². The van der Waals surface area contributed by atoms with Crippen LogP contribution in [-0.2, 0) is 4.74 Å². The zero-order chi connectivity index (χ0) is 12.3. The molecule has 0 radical (unpaired) electrons. The molecule has 0 aromatic heterocycles. The normalized spacial score (nSPS) is 34.1. The predicted molar refractivity (Wildman–Crippen MR) is 75.8 cm³/mol. The smallest absolute Gasteiger partial charge is 0.0674 e. The maximum atomic E-state index is 5.78. The van der Waals surface area contributed by atoms with Gasteiger partial charge in [0, 0.05) is 19.1 Å². The van der Waals surface area contributed by atoms with Gasteiger partial charge in [0.05, 0.1) is 12.7 Å². The SMILES string of the molecule is CCC1COC(C)CN1CC1(CS)CCCC1. The summed E-state index contributed by atoms with van der Waals surface area (Å²) in [6.45, 7) is 7.73. The Balaban J connectivity index is 1.98. The van der Waals surface area contributed by atoms with E-state index in [9.17, 15) is 0 Å². The summed E-state index contributed by atoms with van der Waals surface area (Å²) in [6, 6.07) is 0.628. The summed E-state index contributed by atoms with van der Waals surface area (Å²) in [4.78, 5) is 2.68. The fourth-order valence-corrected chi connectivity index (χ4v) is 3.82. The van der Waals surface area contributed by atoms with E-state index in [2.05, 4.69) is 31.4 Å². The Morgan fingerprint density at radius 1 is 1.35 bits per heavy atom. The van der Waals surface area contributed by atoms with Gasteiger partial charge in [-0.3, -0.25) is 4.90 Å². The van der Waals surface area contributed by atoms with Crippen molar-refractivity contribution in [3.63, 3.8) is 0 Å². The van der Waals surface area contributed by atoms with E-state index in [1.165, 1.54) is 38.6 Å². The molecule has 17 heavy (non-hydrogen) atoms. The van der Waals surface area contributed by atoms with E-state index in [0.717, 1.165) is 18.9 Å². The third kappa shape index (κ3) is 3.18. The van der Waals surface area contributed by atoms with Crippen molar-refractivity contribution in [1.29, 1.82) is 0 Å². The monoisotopic (exact) mass is 257 g/mol. The number of nitrogens with zero attached hydrogens (tertiary/aromatic N) is 1. The lowest BCUT2D eigenvalue weighted by atomic mass is 9.87. The first-order chi connectivity index (χ1) is 8.19. The first-order valence-electron chi connectivity index (χ1n) is 7.15. The van der Waals surface area contributed by atoms with Crippen molar-refractivity contribution in [2.45, 2.75) is 58.1 Å². The first kappa shape index (κ1) is 13.7. The summed E-state index contributed by atoms with van der Waals surface area (Å²) in [5.74, 6) is 1.05. The van der Waals surface area contributed by atoms with Crippen LogP contribution in [-0.4, -0.2) is 42.5 Å². The second-order valence-electron chi connectivity index (χ2n) is 6.00. The van der Waals surface area contributed by atoms with E-state index in [-0.39, 0.29) is 0 Å². The van der Waals surface area contributed by atoms with Crippen LogP contribution in [0.5, 0.6) is 0 Å². The molecule has 0 bridgehead atoms. The third-order valence-corrected chi connectivity index (χ3v) is 5.26. The van der Waals surface area contributed by atoms with Gasteiger partial charge in [-0.25, -0.2) is 0 Å². The lowest BCUT2D eigenvalue weighted by molar-refractivity contribution is -0.0670. The number of hydrogen-bond donors (Lipinski definition) is 1. The van der Waals surface area contributed by atoms with Crippen molar-refractivity contribution >= 4 is 12.6 Å². The van der Waals surface area contributed by atoms with Gasteiger partial charge >= 0.3 is 0 Å². The number of thiol groups is 1. The second-order valence-corrected chi connectivity index (χ2v) is 6.32. The van der Waals surface area contributed by atoms with Crippen LogP contribution in [0.2, 0.25) is 0 Å². The van der Waals surface area contributed by atoms with E-state index in [4.69, 9.17) is 4.74 Å². The molecule has 2 nitrogen and oxygen atoms in total. The molecule has 0 N–H and O–H groups in total. The van der Waals surface area contributed by atoms with Gasteiger partial charge < -0.3 is 4.74 Å². The molecule has 2 fully saturated rings. The van der Waals surface area contributed by atoms with Crippen molar-refractivity contribution in [2.75, 3.05) is 25.4 Å². The number of ether oxygens (including phenoxy) is 1. The van der Waals surface area contributed by atoms with E-state index in [0.29, 0.717) is 17.6 Å². The summed E-state index contributed by atoms with van der Waals surface area (Å²) in [5, 5.41) is 0. The Kier molecular flexibility index (Phi) is 4.79. The van der Waals surface area contributed by atoms with Gasteiger partial charge in [0.1, 0.15) is 0 Å². The van der Waals surface area contributed by atoms with Crippen LogP contribution in [0.4, 0.5) is 0 Å². The maximum Gasteiger partial charge on any atom is 0.0674 e. The number of morpholine rings is 1. The molecule has 1 aliphatic carbocycles. The fourth-order valence-electron chi connectivity index (χ4n) is 3.40. The molecule has 1 saturated heterocycles. The lowest BCUT2D eigenvalue weighted by Gasteiger charge is -2.43. The van der Waals surface area contributed by atoms with Gasteiger partial charge in [0.2, 0.25) is 0 Å². The van der Waals surface area contributed by atoms with Gasteiger partial charge in [-0.05, 0) is 37.4 Å². The van der Waals surface area contributed by atoms with Gasteiger partial charge in [-0.15, -0.1) is 0 Å². The summed E-state index contributed by atoms with van der Waals surface area (Å²) < 4.78 is 5.78. The van der Waals surface area contributed by atoms with Gasteiger partial charge in [0.25, 0.3) is 0 Å². The molecule has 2 unspecified atom stereocenters. The van der Waals surface area contributed by atoms with Crippen LogP contribution in [0, 0.1) is 5.41 Å². The number of rotatable bonds is 4. The molecular formula is C14H27NOS. The first-order valence-corrected chi connectivity index (χ1v) is 7.79. The van der Waals surface area contributed by atoms with E-state index < -0.39 is 0 Å². The molecule has 1 aliphatic heterocycles. The summed E-state index contributed by atoms with van der Waals surface area (Å²) in [7, 11) is 0. The van der Waals surface area contributed by atoms with Crippen LogP contribution in [0.1, 0.15) is 46.0 Å². The molecule has 2 aliphatic rings. The minimum atomic E-state index is 0.399. The maximum absolute atomic E-state index is 5.78. The summed E-state index contributed by atoms with van der Waals surface area (Å²) in [5.41, 5.74) is 0.494. The van der Waals surface area contributed by atoms with Gasteiger partial charge in [-0.1, -0.05) is 19.8 Å². The molecule has 3 heteroatoms. The Morgan fingerprint density at radius 2 is 2.06 bits per heavy atom. The van der Waals surface area contributed by atoms with E-state index in [1.807, 2.05) is 0 Å². The summed E-state index contributed by atoms with van der Waals surface area (Å²) in [6.07, 6.45) is 7.15. The minimum absolute atomic E-state index is 0.399. The minimum Gasteiger partial charge on any atom is -0.376 e. The van der Waals surface area contributed by atoms with Crippen molar-refractivity contribution in [3.8, 4) is 0 Å². The van der Waals surface area contributed by atoms with Crippen LogP contribution >= 0.6 is 12.6 Å². The highest BCUT2D eigenvalue weighted by Gasteiger charge is 2.37. The molecule has 0 aromatic carbocycles. The second kappa shape index (κ2) is 5.94. The molecule has 0 spiro atoms. The zero-order valence-electron chi connectivity index (χ0n) is 11.3. The van der Waals surface area contributed by atoms with E-state index in [1.54, 1.807) is 0 Å².